The van der Waals surface area contributed by atoms with Crippen molar-refractivity contribution >= 4 is 5.91 Å². The number of rotatable bonds is 5. The number of fused-ring (bicyclic) bond motifs is 1. The van der Waals surface area contributed by atoms with Gasteiger partial charge in [0, 0.05) is 7.05 Å². The van der Waals surface area contributed by atoms with Crippen LogP contribution in [0.4, 0.5) is 0 Å². The second kappa shape index (κ2) is 6.87. The molecule has 134 valence electrons. The lowest BCUT2D eigenvalue weighted by atomic mass is 9.62. The van der Waals surface area contributed by atoms with Crippen LogP contribution < -0.4 is 0 Å². The van der Waals surface area contributed by atoms with Crippen LogP contribution in [0.5, 0.6) is 0 Å². The average Bonchev–Trinajstić information content (AvgIpc) is 2.55. The Morgan fingerprint density at radius 2 is 1.75 bits per heavy atom. The van der Waals surface area contributed by atoms with Crippen LogP contribution >= 0.6 is 0 Å². The Morgan fingerprint density at radius 1 is 1.17 bits per heavy atom. The number of carbonyl (C=O) groups excluding carboxylic acids is 1. The van der Waals surface area contributed by atoms with Crippen molar-refractivity contribution in [2.24, 2.45) is 0 Å². The van der Waals surface area contributed by atoms with Crippen molar-refractivity contribution in [2.45, 2.75) is 77.0 Å². The molecule has 1 amide bonds. The Bertz CT molecular complexity index is 604. The SMILES string of the molecule is CCCC(C(=O)N(C)OC)c1ccc2c(c1)C(C)(C)CCC2(C)C. The summed E-state index contributed by atoms with van der Waals surface area (Å²) in [7, 11) is 3.23. The molecular formula is C21H33NO2. The molecule has 0 fully saturated rings. The highest BCUT2D eigenvalue weighted by Crippen LogP contribution is 2.46. The quantitative estimate of drug-likeness (QED) is 0.715. The summed E-state index contributed by atoms with van der Waals surface area (Å²) in [5, 5.41) is 1.36. The van der Waals surface area contributed by atoms with Crippen molar-refractivity contribution in [3.05, 3.63) is 34.9 Å². The second-order valence-corrected chi connectivity index (χ2v) is 8.43. The summed E-state index contributed by atoms with van der Waals surface area (Å²) in [6.45, 7) is 11.4. The van der Waals surface area contributed by atoms with Crippen molar-refractivity contribution < 1.29 is 9.63 Å². The highest BCUT2D eigenvalue weighted by Gasteiger charge is 2.37. The molecule has 0 N–H and O–H groups in total. The van der Waals surface area contributed by atoms with Crippen molar-refractivity contribution in [2.75, 3.05) is 14.2 Å². The molecule has 0 heterocycles. The summed E-state index contributed by atoms with van der Waals surface area (Å²) < 4.78 is 0. The number of hydrogen-bond acceptors (Lipinski definition) is 2. The third-order valence-electron chi connectivity index (χ3n) is 5.74. The minimum Gasteiger partial charge on any atom is -0.275 e. The van der Waals surface area contributed by atoms with Gasteiger partial charge in [0.25, 0.3) is 5.91 Å². The largest absolute Gasteiger partial charge is 0.275 e. The van der Waals surface area contributed by atoms with Gasteiger partial charge in [-0.1, -0.05) is 59.2 Å². The van der Waals surface area contributed by atoms with Crippen LogP contribution in [0.2, 0.25) is 0 Å². The first kappa shape index (κ1) is 19.0. The van der Waals surface area contributed by atoms with E-state index in [0.717, 1.165) is 18.4 Å². The van der Waals surface area contributed by atoms with Gasteiger partial charge < -0.3 is 0 Å². The molecule has 1 aromatic carbocycles. The van der Waals surface area contributed by atoms with E-state index in [9.17, 15) is 4.79 Å². The smallest absolute Gasteiger partial charge is 0.253 e. The Kier molecular flexibility index (Phi) is 5.44. The topological polar surface area (TPSA) is 29.5 Å². The molecule has 1 aliphatic rings. The molecule has 0 aromatic heterocycles. The Hall–Kier alpha value is -1.35. The molecule has 1 unspecified atom stereocenters. The van der Waals surface area contributed by atoms with Crippen molar-refractivity contribution in [1.82, 2.24) is 5.06 Å². The van der Waals surface area contributed by atoms with Gasteiger partial charge in [-0.05, 0) is 46.8 Å². The molecule has 0 aliphatic heterocycles. The van der Waals surface area contributed by atoms with Crippen molar-refractivity contribution in [3.63, 3.8) is 0 Å². The van der Waals surface area contributed by atoms with Crippen molar-refractivity contribution in [3.8, 4) is 0 Å². The summed E-state index contributed by atoms with van der Waals surface area (Å²) >= 11 is 0. The molecule has 0 spiro atoms. The second-order valence-electron chi connectivity index (χ2n) is 8.43. The van der Waals surface area contributed by atoms with E-state index in [4.69, 9.17) is 4.84 Å². The zero-order valence-corrected chi connectivity index (χ0v) is 16.4. The van der Waals surface area contributed by atoms with Gasteiger partial charge in [-0.25, -0.2) is 5.06 Å². The first-order valence-electron chi connectivity index (χ1n) is 9.10. The minimum absolute atomic E-state index is 0.0344. The van der Waals surface area contributed by atoms with Crippen LogP contribution in [0, 0.1) is 0 Å². The molecule has 24 heavy (non-hydrogen) atoms. The van der Waals surface area contributed by atoms with E-state index in [1.807, 2.05) is 0 Å². The highest BCUT2D eigenvalue weighted by molar-refractivity contribution is 5.82. The Balaban J connectivity index is 2.49. The molecular weight excluding hydrogens is 298 g/mol. The lowest BCUT2D eigenvalue weighted by Gasteiger charge is -2.42. The van der Waals surface area contributed by atoms with E-state index in [-0.39, 0.29) is 22.7 Å². The van der Waals surface area contributed by atoms with E-state index in [1.165, 1.54) is 29.0 Å². The third-order valence-corrected chi connectivity index (χ3v) is 5.74. The summed E-state index contributed by atoms with van der Waals surface area (Å²) in [5.74, 6) is -0.0988. The fourth-order valence-corrected chi connectivity index (χ4v) is 3.85. The number of benzene rings is 1. The maximum Gasteiger partial charge on any atom is 0.253 e. The maximum atomic E-state index is 12.7. The molecule has 1 aliphatic carbocycles. The fourth-order valence-electron chi connectivity index (χ4n) is 3.85. The highest BCUT2D eigenvalue weighted by atomic mass is 16.7. The van der Waals surface area contributed by atoms with Gasteiger partial charge in [0.15, 0.2) is 0 Å². The minimum atomic E-state index is -0.133. The van der Waals surface area contributed by atoms with Gasteiger partial charge in [0.1, 0.15) is 0 Å². The van der Waals surface area contributed by atoms with E-state index in [1.54, 1.807) is 14.2 Å². The molecule has 3 heteroatoms. The molecule has 3 nitrogen and oxygen atoms in total. The lowest BCUT2D eigenvalue weighted by molar-refractivity contribution is -0.170. The van der Waals surface area contributed by atoms with E-state index >= 15 is 0 Å². The molecule has 0 saturated heterocycles. The van der Waals surface area contributed by atoms with Gasteiger partial charge in [-0.15, -0.1) is 0 Å². The third kappa shape index (κ3) is 3.51. The molecule has 0 radical (unpaired) electrons. The average molecular weight is 332 g/mol. The number of hydroxylamine groups is 2. The number of amides is 1. The summed E-state index contributed by atoms with van der Waals surface area (Å²) in [4.78, 5) is 17.9. The van der Waals surface area contributed by atoms with Gasteiger partial charge in [-0.3, -0.25) is 9.63 Å². The monoisotopic (exact) mass is 331 g/mol. The lowest BCUT2D eigenvalue weighted by Crippen LogP contribution is -2.35. The van der Waals surface area contributed by atoms with Crippen LogP contribution in [0.15, 0.2) is 18.2 Å². The van der Waals surface area contributed by atoms with Gasteiger partial charge >= 0.3 is 0 Å². The Morgan fingerprint density at radius 3 is 2.29 bits per heavy atom. The predicted octanol–water partition coefficient (Wildman–Crippen LogP) is 4.94. The normalized spacial score (nSPS) is 19.5. The molecule has 2 rings (SSSR count). The summed E-state index contributed by atoms with van der Waals surface area (Å²) in [6.07, 6.45) is 4.20. The molecule has 1 aromatic rings. The molecule has 1 atom stereocenters. The van der Waals surface area contributed by atoms with Crippen LogP contribution in [0.3, 0.4) is 0 Å². The predicted molar refractivity (Wildman–Crippen MR) is 99.2 cm³/mol. The Labute approximate surface area is 147 Å². The van der Waals surface area contributed by atoms with Crippen LogP contribution in [-0.2, 0) is 20.5 Å². The number of nitrogens with zero attached hydrogens (tertiary/aromatic N) is 1. The number of carbonyl (C=O) groups is 1. The van der Waals surface area contributed by atoms with Crippen LogP contribution in [0.1, 0.15) is 82.9 Å². The molecule has 0 saturated carbocycles. The first-order chi connectivity index (χ1) is 11.1. The standard InChI is InChI=1S/C21H33NO2/c1-8-9-16(19(23)22(6)24-7)15-10-11-17-18(14-15)21(4,5)13-12-20(17,2)3/h10-11,14,16H,8-9,12-13H2,1-7H3. The zero-order valence-electron chi connectivity index (χ0n) is 16.4. The first-order valence-corrected chi connectivity index (χ1v) is 9.10. The zero-order chi connectivity index (χ0) is 18.1. The summed E-state index contributed by atoms with van der Waals surface area (Å²) in [6, 6.07) is 6.70. The van der Waals surface area contributed by atoms with E-state index in [2.05, 4.69) is 52.8 Å². The fraction of sp³-hybridized carbons (Fsp3) is 0.667. The number of hydrogen-bond donors (Lipinski definition) is 0. The van der Waals surface area contributed by atoms with E-state index in [0.29, 0.717) is 0 Å². The van der Waals surface area contributed by atoms with Crippen molar-refractivity contribution in [1.29, 1.82) is 0 Å². The van der Waals surface area contributed by atoms with Gasteiger partial charge in [-0.2, -0.15) is 0 Å². The van der Waals surface area contributed by atoms with Crippen LogP contribution in [0.25, 0.3) is 0 Å². The van der Waals surface area contributed by atoms with Gasteiger partial charge in [0.05, 0.1) is 13.0 Å². The molecule has 0 bridgehead atoms. The van der Waals surface area contributed by atoms with Crippen LogP contribution in [-0.4, -0.2) is 25.1 Å². The van der Waals surface area contributed by atoms with Gasteiger partial charge in [0.2, 0.25) is 0 Å². The maximum absolute atomic E-state index is 12.7. The summed E-state index contributed by atoms with van der Waals surface area (Å²) in [5.41, 5.74) is 4.33. The number of likely N-dealkylation sites (N-methyl/N-ethyl adjacent to an activating group) is 1. The van der Waals surface area contributed by atoms with E-state index < -0.39 is 0 Å².